The van der Waals surface area contributed by atoms with Gasteiger partial charge in [0.2, 0.25) is 5.95 Å². The zero-order valence-corrected chi connectivity index (χ0v) is 22.4. The van der Waals surface area contributed by atoms with Gasteiger partial charge in [-0.15, -0.1) is 0 Å². The molecule has 0 unspecified atom stereocenters. The molecule has 5 rings (SSSR count). The van der Waals surface area contributed by atoms with Crippen LogP contribution in [0.15, 0.2) is 48.5 Å². The number of carbonyl (C=O) groups excluding carboxylic acids is 1. The number of carbonyl (C=O) groups is 1. The monoisotopic (exact) mass is 507 g/mol. The van der Waals surface area contributed by atoms with Crippen LogP contribution in [0.3, 0.4) is 0 Å². The minimum Gasteiger partial charge on any atom is -0.326 e. The smallest absolute Gasteiger partial charge is 0.208 e. The first kappa shape index (κ1) is 25.0. The first-order valence-corrected chi connectivity index (χ1v) is 15.0. The van der Waals surface area contributed by atoms with Crippen molar-refractivity contribution in [2.75, 3.05) is 16.8 Å². The highest BCUT2D eigenvalue weighted by atomic mass is 32.2. The molecule has 1 saturated carbocycles. The number of para-hydroxylation sites is 2. The Kier molecular flexibility index (Phi) is 6.70. The maximum absolute atomic E-state index is 12.7. The third-order valence-electron chi connectivity index (χ3n) is 7.92. The summed E-state index contributed by atoms with van der Waals surface area (Å²) in [5.41, 5.74) is 4.34. The molecule has 2 aliphatic rings. The van der Waals surface area contributed by atoms with Crippen LogP contribution in [-0.2, 0) is 21.1 Å². The lowest BCUT2D eigenvalue weighted by Gasteiger charge is -2.40. The fraction of sp³-hybridized carbons (Fsp3) is 0.517. The van der Waals surface area contributed by atoms with Crippen LogP contribution in [0.5, 0.6) is 0 Å². The second-order valence-electron chi connectivity index (χ2n) is 11.8. The van der Waals surface area contributed by atoms with Gasteiger partial charge in [0.25, 0.3) is 0 Å². The molecular weight excluding hydrogens is 470 g/mol. The highest BCUT2D eigenvalue weighted by molar-refractivity contribution is 7.91. The fourth-order valence-electron chi connectivity index (χ4n) is 6.39. The van der Waals surface area contributed by atoms with Crippen molar-refractivity contribution in [3.8, 4) is 0 Å². The molecule has 0 bridgehead atoms. The van der Waals surface area contributed by atoms with Crippen LogP contribution >= 0.6 is 0 Å². The van der Waals surface area contributed by atoms with Gasteiger partial charge in [-0.2, -0.15) is 0 Å². The van der Waals surface area contributed by atoms with Gasteiger partial charge in [0, 0.05) is 24.1 Å². The van der Waals surface area contributed by atoms with Crippen molar-refractivity contribution in [3.05, 3.63) is 54.1 Å². The summed E-state index contributed by atoms with van der Waals surface area (Å²) in [4.78, 5) is 17.7. The maximum Gasteiger partial charge on any atom is 0.208 e. The number of rotatable bonds is 6. The van der Waals surface area contributed by atoms with Crippen LogP contribution in [0, 0.1) is 17.3 Å². The molecule has 1 N–H and O–H groups in total. The van der Waals surface area contributed by atoms with Gasteiger partial charge in [-0.25, -0.2) is 13.4 Å². The van der Waals surface area contributed by atoms with Crippen LogP contribution in [0.4, 0.5) is 11.6 Å². The molecule has 1 aromatic heterocycles. The van der Waals surface area contributed by atoms with E-state index in [0.717, 1.165) is 41.1 Å². The van der Waals surface area contributed by atoms with Crippen molar-refractivity contribution in [2.24, 2.45) is 17.3 Å². The van der Waals surface area contributed by atoms with Crippen LogP contribution in [0.25, 0.3) is 11.0 Å². The molecule has 36 heavy (non-hydrogen) atoms. The SMILES string of the molecule is C[C@@H]1C[C@H](n2c(Nc3ccc(CC(=O)C4CCS(=O)(=O)CC4)cc3)nc3ccccc32)CC(C)(C)C1. The number of aromatic nitrogens is 2. The Balaban J connectivity index is 1.33. The van der Waals surface area contributed by atoms with Crippen molar-refractivity contribution in [3.63, 3.8) is 0 Å². The van der Waals surface area contributed by atoms with E-state index in [1.165, 1.54) is 6.42 Å². The number of imidazole rings is 1. The van der Waals surface area contributed by atoms with Gasteiger partial charge in [-0.05, 0) is 73.3 Å². The van der Waals surface area contributed by atoms with E-state index in [-0.39, 0.29) is 23.2 Å². The van der Waals surface area contributed by atoms with E-state index >= 15 is 0 Å². The third kappa shape index (κ3) is 5.51. The number of anilines is 2. The van der Waals surface area contributed by atoms with E-state index in [9.17, 15) is 13.2 Å². The van der Waals surface area contributed by atoms with E-state index < -0.39 is 9.84 Å². The molecule has 1 saturated heterocycles. The first-order valence-electron chi connectivity index (χ1n) is 13.1. The summed E-state index contributed by atoms with van der Waals surface area (Å²) in [5, 5.41) is 3.55. The lowest BCUT2D eigenvalue weighted by Crippen LogP contribution is -2.29. The van der Waals surface area contributed by atoms with E-state index in [0.29, 0.717) is 36.6 Å². The van der Waals surface area contributed by atoms with Gasteiger partial charge in [0.1, 0.15) is 15.6 Å². The number of fused-ring (bicyclic) bond motifs is 1. The number of ketones is 1. The molecule has 0 spiro atoms. The van der Waals surface area contributed by atoms with Gasteiger partial charge in [-0.1, -0.05) is 45.0 Å². The average Bonchev–Trinajstić information content (AvgIpc) is 3.16. The quantitative estimate of drug-likeness (QED) is 0.436. The summed E-state index contributed by atoms with van der Waals surface area (Å²) in [6.07, 6.45) is 4.76. The molecule has 1 aliphatic heterocycles. The third-order valence-corrected chi connectivity index (χ3v) is 9.64. The Morgan fingerprint density at radius 2 is 1.75 bits per heavy atom. The topological polar surface area (TPSA) is 81.1 Å². The first-order chi connectivity index (χ1) is 17.1. The van der Waals surface area contributed by atoms with Crippen molar-refractivity contribution >= 4 is 38.3 Å². The lowest BCUT2D eigenvalue weighted by atomic mass is 9.70. The second kappa shape index (κ2) is 9.66. The standard InChI is InChI=1S/C29H37N3O3S/c1-20-16-24(19-29(2,3)18-20)32-26-7-5-4-6-25(26)31-28(32)30-23-10-8-21(9-11-23)17-27(33)22-12-14-36(34,35)15-13-22/h4-11,20,22,24H,12-19H2,1-3H3,(H,30,31)/t20-,24+/m1/s1. The van der Waals surface area contributed by atoms with Crippen molar-refractivity contribution in [1.82, 2.24) is 9.55 Å². The number of hydrogen-bond donors (Lipinski definition) is 1. The highest BCUT2D eigenvalue weighted by Crippen LogP contribution is 2.46. The number of benzene rings is 2. The van der Waals surface area contributed by atoms with Gasteiger partial charge in [-0.3, -0.25) is 4.79 Å². The fourth-order valence-corrected chi connectivity index (χ4v) is 7.88. The van der Waals surface area contributed by atoms with Crippen LogP contribution in [0.1, 0.15) is 64.5 Å². The largest absolute Gasteiger partial charge is 0.326 e. The van der Waals surface area contributed by atoms with Crippen LogP contribution in [-0.4, -0.2) is 35.3 Å². The Bertz CT molecular complexity index is 1340. The zero-order valence-electron chi connectivity index (χ0n) is 21.5. The Morgan fingerprint density at radius 1 is 1.06 bits per heavy atom. The highest BCUT2D eigenvalue weighted by Gasteiger charge is 2.34. The molecule has 0 radical (unpaired) electrons. The predicted octanol–water partition coefficient (Wildman–Crippen LogP) is 6.10. The van der Waals surface area contributed by atoms with Gasteiger partial charge >= 0.3 is 0 Å². The van der Waals surface area contributed by atoms with Crippen LogP contribution in [0.2, 0.25) is 0 Å². The van der Waals surface area contributed by atoms with E-state index in [1.807, 2.05) is 30.3 Å². The van der Waals surface area contributed by atoms with Crippen molar-refractivity contribution in [1.29, 1.82) is 0 Å². The average molecular weight is 508 g/mol. The summed E-state index contributed by atoms with van der Waals surface area (Å²) in [6.45, 7) is 7.09. The normalized spacial score (nSPS) is 24.0. The van der Waals surface area contributed by atoms with Gasteiger partial charge in [0.05, 0.1) is 22.5 Å². The van der Waals surface area contributed by atoms with E-state index in [4.69, 9.17) is 4.98 Å². The molecule has 6 nitrogen and oxygen atoms in total. The van der Waals surface area contributed by atoms with Crippen molar-refractivity contribution < 1.29 is 13.2 Å². The van der Waals surface area contributed by atoms with Crippen molar-refractivity contribution in [2.45, 2.75) is 65.3 Å². The molecule has 2 atom stereocenters. The summed E-state index contributed by atoms with van der Waals surface area (Å²) in [5.74, 6) is 1.77. The zero-order chi connectivity index (χ0) is 25.5. The second-order valence-corrected chi connectivity index (χ2v) is 14.1. The molecule has 2 fully saturated rings. The number of nitrogens with zero attached hydrogens (tertiary/aromatic N) is 2. The molecule has 1 aliphatic carbocycles. The summed E-state index contributed by atoms with van der Waals surface area (Å²) < 4.78 is 25.7. The molecule has 7 heteroatoms. The molecule has 192 valence electrons. The minimum atomic E-state index is -2.96. The number of sulfone groups is 1. The molecule has 2 aromatic carbocycles. The maximum atomic E-state index is 12.7. The number of hydrogen-bond acceptors (Lipinski definition) is 5. The Hall–Kier alpha value is -2.67. The predicted molar refractivity (Wildman–Crippen MR) is 145 cm³/mol. The minimum absolute atomic E-state index is 0.129. The summed E-state index contributed by atoms with van der Waals surface area (Å²) in [6, 6.07) is 16.7. The summed E-state index contributed by atoms with van der Waals surface area (Å²) >= 11 is 0. The van der Waals surface area contributed by atoms with Gasteiger partial charge in [0.15, 0.2) is 0 Å². The Labute approximate surface area is 214 Å². The lowest BCUT2D eigenvalue weighted by molar-refractivity contribution is -0.122. The molecule has 3 aromatic rings. The number of Topliss-reactive ketones (excluding diaryl/α,β-unsaturated/α-hetero) is 1. The summed E-state index contributed by atoms with van der Waals surface area (Å²) in [7, 11) is -2.96. The molecule has 0 amide bonds. The Morgan fingerprint density at radius 3 is 2.44 bits per heavy atom. The van der Waals surface area contributed by atoms with E-state index in [1.54, 1.807) is 0 Å². The van der Waals surface area contributed by atoms with E-state index in [2.05, 4.69) is 48.9 Å². The van der Waals surface area contributed by atoms with Gasteiger partial charge < -0.3 is 9.88 Å². The number of nitrogens with one attached hydrogen (secondary N) is 1. The molecule has 2 heterocycles. The molecular formula is C29H37N3O3S. The van der Waals surface area contributed by atoms with Crippen LogP contribution < -0.4 is 5.32 Å².